The lowest BCUT2D eigenvalue weighted by atomic mass is 9.92. The van der Waals surface area contributed by atoms with Crippen LogP contribution in [0.5, 0.6) is 0 Å². The molecule has 2 aliphatic rings. The van der Waals surface area contributed by atoms with Crippen molar-refractivity contribution in [3.05, 3.63) is 132 Å². The molecule has 7 rings (SSSR count). The monoisotopic (exact) mass is 436 g/mol. The maximum absolute atomic E-state index is 3.67. The number of para-hydroxylation sites is 2. The molecule has 5 aromatic rings. The number of anilines is 4. The average Bonchev–Trinajstić information content (AvgIpc) is 3.69. The van der Waals surface area contributed by atoms with Crippen molar-refractivity contribution in [1.82, 2.24) is 0 Å². The highest BCUT2D eigenvalue weighted by Gasteiger charge is 2.26. The van der Waals surface area contributed by atoms with Crippen molar-refractivity contribution in [2.45, 2.75) is 13.0 Å². The molecular formula is C32H24N2. The second-order valence-electron chi connectivity index (χ2n) is 9.10. The van der Waals surface area contributed by atoms with E-state index >= 15 is 0 Å². The first-order chi connectivity index (χ1) is 16.8. The summed E-state index contributed by atoms with van der Waals surface area (Å²) in [6.45, 7) is 0.866. The zero-order valence-corrected chi connectivity index (χ0v) is 18.8. The van der Waals surface area contributed by atoms with E-state index in [1.807, 2.05) is 0 Å². The van der Waals surface area contributed by atoms with E-state index in [2.05, 4.69) is 125 Å². The van der Waals surface area contributed by atoms with Gasteiger partial charge in [0.1, 0.15) is 0 Å². The van der Waals surface area contributed by atoms with Gasteiger partial charge in [0.05, 0.1) is 0 Å². The molecule has 0 atom stereocenters. The number of fused-ring (bicyclic) bond motifs is 4. The molecule has 5 aromatic carbocycles. The zero-order valence-electron chi connectivity index (χ0n) is 18.8. The quantitative estimate of drug-likeness (QED) is 0.299. The molecule has 2 nitrogen and oxygen atoms in total. The van der Waals surface area contributed by atoms with Crippen LogP contribution in [0.1, 0.15) is 16.7 Å². The zero-order chi connectivity index (χ0) is 22.5. The van der Waals surface area contributed by atoms with Crippen LogP contribution in [0.4, 0.5) is 22.7 Å². The largest absolute Gasteiger partial charge is 0.355 e. The smallest absolute Gasteiger partial charge is 0.0493 e. The van der Waals surface area contributed by atoms with E-state index in [0.29, 0.717) is 0 Å². The molecule has 0 unspecified atom stereocenters. The molecule has 2 heteroatoms. The van der Waals surface area contributed by atoms with Crippen molar-refractivity contribution in [1.29, 1.82) is 0 Å². The van der Waals surface area contributed by atoms with Crippen LogP contribution in [0, 0.1) is 0 Å². The summed E-state index contributed by atoms with van der Waals surface area (Å²) in [6, 6.07) is 41.5. The Labute approximate surface area is 200 Å². The summed E-state index contributed by atoms with van der Waals surface area (Å²) in [4.78, 5) is 2.45. The number of nitrogens with one attached hydrogen (secondary N) is 1. The minimum atomic E-state index is 0.866. The van der Waals surface area contributed by atoms with E-state index < -0.39 is 0 Å². The first kappa shape index (κ1) is 19.2. The second-order valence-corrected chi connectivity index (χ2v) is 9.10. The third-order valence-electron chi connectivity index (χ3n) is 7.00. The van der Waals surface area contributed by atoms with Gasteiger partial charge in [0.25, 0.3) is 0 Å². The van der Waals surface area contributed by atoms with Gasteiger partial charge in [-0.15, -0.1) is 0 Å². The van der Waals surface area contributed by atoms with E-state index in [4.69, 9.17) is 0 Å². The Morgan fingerprint density at radius 3 is 2.21 bits per heavy atom. The van der Waals surface area contributed by atoms with Crippen molar-refractivity contribution in [3.8, 4) is 22.3 Å². The van der Waals surface area contributed by atoms with Gasteiger partial charge in [-0.3, -0.25) is 0 Å². The first-order valence-corrected chi connectivity index (χ1v) is 11.9. The van der Waals surface area contributed by atoms with Crippen LogP contribution in [0.2, 0.25) is 0 Å². The summed E-state index contributed by atoms with van der Waals surface area (Å²) < 4.78 is 0. The molecule has 162 valence electrons. The van der Waals surface area contributed by atoms with Crippen molar-refractivity contribution in [2.75, 3.05) is 10.2 Å². The van der Waals surface area contributed by atoms with Crippen molar-refractivity contribution in [3.63, 3.8) is 0 Å². The highest BCUT2D eigenvalue weighted by atomic mass is 15.1. The van der Waals surface area contributed by atoms with Crippen LogP contribution in [-0.2, 0) is 13.0 Å². The van der Waals surface area contributed by atoms with Gasteiger partial charge in [0.2, 0.25) is 0 Å². The number of benzene rings is 5. The summed E-state index contributed by atoms with van der Waals surface area (Å²) in [5.41, 5.74) is 14.2. The van der Waals surface area contributed by atoms with Crippen LogP contribution in [0.3, 0.4) is 0 Å². The summed E-state index contributed by atoms with van der Waals surface area (Å²) in [7, 11) is 0. The van der Waals surface area contributed by atoms with Crippen LogP contribution in [0.15, 0.2) is 115 Å². The van der Waals surface area contributed by atoms with Gasteiger partial charge in [0, 0.05) is 40.4 Å². The molecular weight excluding hydrogens is 412 g/mol. The van der Waals surface area contributed by atoms with Crippen LogP contribution in [-0.4, -0.2) is 0 Å². The van der Waals surface area contributed by atoms with Gasteiger partial charge in [-0.2, -0.15) is 0 Å². The Balaban J connectivity index is 1.37. The van der Waals surface area contributed by atoms with E-state index in [-0.39, 0.29) is 0 Å². The Morgan fingerprint density at radius 2 is 1.29 bits per heavy atom. The maximum atomic E-state index is 3.67. The molecule has 1 aliphatic carbocycles. The minimum Gasteiger partial charge on any atom is -0.355 e. The third-order valence-corrected chi connectivity index (χ3v) is 7.00. The van der Waals surface area contributed by atoms with Crippen LogP contribution < -0.4 is 10.2 Å². The fourth-order valence-corrected chi connectivity index (χ4v) is 5.24. The highest BCUT2D eigenvalue weighted by Crippen LogP contribution is 2.46. The van der Waals surface area contributed by atoms with Gasteiger partial charge in [0.15, 0.2) is 0 Å². The maximum Gasteiger partial charge on any atom is 0.0493 e. The lowest BCUT2D eigenvalue weighted by Gasteiger charge is -2.33. The van der Waals surface area contributed by atoms with Gasteiger partial charge >= 0.3 is 0 Å². The number of hydrogen-bond donors (Lipinski definition) is 1. The van der Waals surface area contributed by atoms with Crippen LogP contribution in [0.25, 0.3) is 22.3 Å². The molecule has 1 N–H and O–H groups in total. The topological polar surface area (TPSA) is 15.3 Å². The lowest BCUT2D eigenvalue weighted by Crippen LogP contribution is -2.21. The molecule has 0 aromatic heterocycles. The van der Waals surface area contributed by atoms with Gasteiger partial charge in [-0.25, -0.2) is 0 Å². The standard InChI is InChI=1S/C32H24N2/c1-2-11-24(12-3-1)33-31-18-17-25(20-30(31)27-15-8-10-22-19-29(22)27)34-21-23-9-4-5-13-26(23)28-14-6-7-16-32(28)34/h1-18,20,33H,19,21H2. The van der Waals surface area contributed by atoms with E-state index in [1.165, 1.54) is 50.3 Å². The van der Waals surface area contributed by atoms with E-state index in [0.717, 1.165) is 24.3 Å². The number of rotatable bonds is 4. The summed E-state index contributed by atoms with van der Waals surface area (Å²) >= 11 is 0. The molecule has 0 saturated heterocycles. The fourth-order valence-electron chi connectivity index (χ4n) is 5.24. The van der Waals surface area contributed by atoms with E-state index in [9.17, 15) is 0 Å². The highest BCUT2D eigenvalue weighted by molar-refractivity contribution is 5.91. The normalized spacial score (nSPS) is 13.0. The Hall–Kier alpha value is -4.30. The van der Waals surface area contributed by atoms with Crippen LogP contribution >= 0.6 is 0 Å². The fraction of sp³-hybridized carbons (Fsp3) is 0.0625. The first-order valence-electron chi connectivity index (χ1n) is 11.9. The summed E-state index contributed by atoms with van der Waals surface area (Å²) in [5, 5.41) is 3.67. The predicted octanol–water partition coefficient (Wildman–Crippen LogP) is 8.32. The molecule has 0 fully saturated rings. The Kier molecular flexibility index (Phi) is 4.31. The molecule has 0 bridgehead atoms. The lowest BCUT2D eigenvalue weighted by molar-refractivity contribution is 0.961. The third kappa shape index (κ3) is 3.19. The van der Waals surface area contributed by atoms with Gasteiger partial charge < -0.3 is 10.2 Å². The average molecular weight is 437 g/mol. The second kappa shape index (κ2) is 7.64. The Bertz CT molecular complexity index is 1530. The molecule has 1 heterocycles. The van der Waals surface area contributed by atoms with Gasteiger partial charge in [-0.05, 0) is 70.6 Å². The number of hydrogen-bond acceptors (Lipinski definition) is 2. The predicted molar refractivity (Wildman–Crippen MR) is 142 cm³/mol. The number of nitrogens with zero attached hydrogens (tertiary/aromatic N) is 1. The molecule has 0 radical (unpaired) electrons. The summed E-state index contributed by atoms with van der Waals surface area (Å²) in [5.74, 6) is 0. The molecule has 1 aliphatic heterocycles. The summed E-state index contributed by atoms with van der Waals surface area (Å²) in [6.07, 6.45) is 1.09. The van der Waals surface area contributed by atoms with Gasteiger partial charge in [-0.1, -0.05) is 78.9 Å². The van der Waals surface area contributed by atoms with Crippen molar-refractivity contribution < 1.29 is 0 Å². The molecule has 0 amide bonds. The SMILES string of the molecule is c1ccc(Nc2ccc(N3Cc4ccccc4-c4ccccc43)cc2-c2cccc3c2C3)cc1. The van der Waals surface area contributed by atoms with E-state index in [1.54, 1.807) is 0 Å². The minimum absolute atomic E-state index is 0.866. The Morgan fingerprint density at radius 1 is 0.559 bits per heavy atom. The van der Waals surface area contributed by atoms with Crippen molar-refractivity contribution >= 4 is 22.7 Å². The molecule has 34 heavy (non-hydrogen) atoms. The molecule has 0 saturated carbocycles. The molecule has 0 spiro atoms. The van der Waals surface area contributed by atoms with Crippen molar-refractivity contribution in [2.24, 2.45) is 0 Å².